The summed E-state index contributed by atoms with van der Waals surface area (Å²) in [7, 11) is 1.46. The Hall–Kier alpha value is -1.73. The Kier molecular flexibility index (Phi) is 5.90. The van der Waals surface area contributed by atoms with E-state index in [0.29, 0.717) is 24.3 Å². The number of ketones is 1. The van der Waals surface area contributed by atoms with Gasteiger partial charge < -0.3 is 14.7 Å². The van der Waals surface area contributed by atoms with Gasteiger partial charge in [-0.15, -0.1) is 11.3 Å². The van der Waals surface area contributed by atoms with E-state index in [1.54, 1.807) is 17.0 Å². The molecule has 2 rings (SSSR count). The fraction of sp³-hybridized carbons (Fsp3) is 0.562. The Morgan fingerprint density at radius 1 is 1.39 bits per heavy atom. The van der Waals surface area contributed by atoms with Gasteiger partial charge in [0, 0.05) is 33.0 Å². The van der Waals surface area contributed by atoms with Crippen LogP contribution in [0.25, 0.3) is 0 Å². The summed E-state index contributed by atoms with van der Waals surface area (Å²) in [6.45, 7) is 0.757. The zero-order chi connectivity index (χ0) is 16.9. The molecule has 0 saturated carbocycles. The summed E-state index contributed by atoms with van der Waals surface area (Å²) in [6.07, 6.45) is 1.38. The number of nitrogens with zero attached hydrogens (tertiary/aromatic N) is 1. The Morgan fingerprint density at radius 3 is 2.78 bits per heavy atom. The van der Waals surface area contributed by atoms with E-state index in [1.165, 1.54) is 18.4 Å². The third kappa shape index (κ3) is 4.17. The van der Waals surface area contributed by atoms with Crippen LogP contribution in [0.4, 0.5) is 0 Å². The zero-order valence-corrected chi connectivity index (χ0v) is 13.9. The number of carbonyl (C=O) groups is 3. The minimum Gasteiger partial charge on any atom is -0.481 e. The lowest BCUT2D eigenvalue weighted by Crippen LogP contribution is -2.52. The van der Waals surface area contributed by atoms with Crippen molar-refractivity contribution in [2.24, 2.45) is 5.41 Å². The van der Waals surface area contributed by atoms with Gasteiger partial charge in [0.1, 0.15) is 5.41 Å². The minimum atomic E-state index is -1.04. The third-order valence-corrected chi connectivity index (χ3v) is 5.08. The molecular weight excluding hydrogens is 318 g/mol. The van der Waals surface area contributed by atoms with E-state index in [-0.39, 0.29) is 37.7 Å². The predicted octanol–water partition coefficient (Wildman–Crippen LogP) is 2.05. The normalized spacial score (nSPS) is 21.2. The van der Waals surface area contributed by atoms with Crippen molar-refractivity contribution in [2.75, 3.05) is 26.8 Å². The van der Waals surface area contributed by atoms with Crippen LogP contribution in [0.3, 0.4) is 0 Å². The number of carbonyl (C=O) groups excluding carboxylic acids is 2. The highest BCUT2D eigenvalue weighted by atomic mass is 32.1. The van der Waals surface area contributed by atoms with Crippen LogP contribution in [-0.4, -0.2) is 54.5 Å². The summed E-state index contributed by atoms with van der Waals surface area (Å²) < 4.78 is 5.05. The highest BCUT2D eigenvalue weighted by Gasteiger charge is 2.43. The molecule has 0 spiro atoms. The number of aliphatic carboxylic acids is 1. The summed E-state index contributed by atoms with van der Waals surface area (Å²) in [5, 5.41) is 11.3. The van der Waals surface area contributed by atoms with Crippen LogP contribution in [-0.2, 0) is 14.3 Å². The van der Waals surface area contributed by atoms with Crippen molar-refractivity contribution in [2.45, 2.75) is 25.7 Å². The van der Waals surface area contributed by atoms with Crippen LogP contribution in [0.5, 0.6) is 0 Å². The van der Waals surface area contributed by atoms with Gasteiger partial charge in [-0.25, -0.2) is 0 Å². The van der Waals surface area contributed by atoms with E-state index in [4.69, 9.17) is 4.74 Å². The molecular formula is C16H21NO5S. The molecule has 0 bridgehead atoms. The molecule has 2 heterocycles. The second kappa shape index (κ2) is 7.70. The second-order valence-electron chi connectivity index (χ2n) is 5.84. The zero-order valence-electron chi connectivity index (χ0n) is 13.1. The van der Waals surface area contributed by atoms with Gasteiger partial charge in [0.15, 0.2) is 5.78 Å². The first-order valence-electron chi connectivity index (χ1n) is 7.55. The Bertz CT molecular complexity index is 567. The molecule has 1 aromatic rings. The van der Waals surface area contributed by atoms with E-state index < -0.39 is 11.4 Å². The van der Waals surface area contributed by atoms with E-state index in [2.05, 4.69) is 0 Å². The van der Waals surface area contributed by atoms with Gasteiger partial charge in [0.05, 0.1) is 11.5 Å². The molecule has 1 aliphatic rings. The molecule has 23 heavy (non-hydrogen) atoms. The van der Waals surface area contributed by atoms with Crippen molar-refractivity contribution >= 4 is 29.0 Å². The van der Waals surface area contributed by atoms with E-state index in [1.807, 2.05) is 5.38 Å². The van der Waals surface area contributed by atoms with Gasteiger partial charge >= 0.3 is 5.97 Å². The highest BCUT2D eigenvalue weighted by molar-refractivity contribution is 7.12. The molecule has 1 aliphatic heterocycles. The number of likely N-dealkylation sites (tertiary alicyclic amines) is 1. The van der Waals surface area contributed by atoms with Crippen molar-refractivity contribution in [1.82, 2.24) is 4.90 Å². The molecule has 1 amide bonds. The first-order chi connectivity index (χ1) is 11.0. The number of carboxylic acid groups (broad SMARTS) is 1. The minimum absolute atomic E-state index is 0.0493. The first kappa shape index (κ1) is 17.6. The molecule has 126 valence electrons. The Labute approximate surface area is 139 Å². The molecule has 1 atom stereocenters. The SMILES string of the molecule is COCC1(C(=O)O)CCCN(C(=O)CCC(=O)c2cccs2)C1. The van der Waals surface area contributed by atoms with Crippen LogP contribution in [0, 0.1) is 5.41 Å². The average molecular weight is 339 g/mol. The van der Waals surface area contributed by atoms with E-state index >= 15 is 0 Å². The van der Waals surface area contributed by atoms with Crippen LogP contribution >= 0.6 is 11.3 Å². The fourth-order valence-corrected chi connectivity index (χ4v) is 3.61. The standard InChI is InChI=1S/C16H21NO5S/c1-22-11-16(15(20)21)7-3-8-17(10-16)14(19)6-5-12(18)13-4-2-9-23-13/h2,4,9H,3,5-8,10-11H2,1H3,(H,20,21). The van der Waals surface area contributed by atoms with E-state index in [0.717, 1.165) is 0 Å². The van der Waals surface area contributed by atoms with Crippen LogP contribution in [0.1, 0.15) is 35.4 Å². The maximum Gasteiger partial charge on any atom is 0.313 e. The van der Waals surface area contributed by atoms with Crippen molar-refractivity contribution in [3.63, 3.8) is 0 Å². The van der Waals surface area contributed by atoms with Gasteiger partial charge in [-0.05, 0) is 24.3 Å². The van der Waals surface area contributed by atoms with Gasteiger partial charge in [0.2, 0.25) is 5.91 Å². The number of methoxy groups -OCH3 is 1. The smallest absolute Gasteiger partial charge is 0.313 e. The molecule has 1 unspecified atom stereocenters. The lowest BCUT2D eigenvalue weighted by atomic mass is 9.80. The number of thiophene rings is 1. The predicted molar refractivity (Wildman–Crippen MR) is 85.6 cm³/mol. The highest BCUT2D eigenvalue weighted by Crippen LogP contribution is 2.31. The molecule has 7 heteroatoms. The second-order valence-corrected chi connectivity index (χ2v) is 6.79. The van der Waals surface area contributed by atoms with Crippen molar-refractivity contribution in [1.29, 1.82) is 0 Å². The molecule has 0 aliphatic carbocycles. The number of hydrogen-bond donors (Lipinski definition) is 1. The summed E-state index contributed by atoms with van der Waals surface area (Å²) in [6, 6.07) is 3.54. The summed E-state index contributed by atoms with van der Waals surface area (Å²) >= 11 is 1.36. The maximum absolute atomic E-state index is 12.3. The number of piperidine rings is 1. The number of Topliss-reactive ketones (excluding diaryl/α,β-unsaturated/α-hetero) is 1. The topological polar surface area (TPSA) is 83.9 Å². The molecule has 1 saturated heterocycles. The lowest BCUT2D eigenvalue weighted by molar-refractivity contribution is -0.159. The third-order valence-electron chi connectivity index (χ3n) is 4.17. The van der Waals surface area contributed by atoms with Gasteiger partial charge in [0.25, 0.3) is 0 Å². The lowest BCUT2D eigenvalue weighted by Gasteiger charge is -2.39. The van der Waals surface area contributed by atoms with E-state index in [9.17, 15) is 19.5 Å². The monoisotopic (exact) mass is 339 g/mol. The first-order valence-corrected chi connectivity index (χ1v) is 8.43. The molecule has 1 fully saturated rings. The van der Waals surface area contributed by atoms with Gasteiger partial charge in [-0.3, -0.25) is 14.4 Å². The van der Waals surface area contributed by atoms with Crippen LogP contribution in [0.2, 0.25) is 0 Å². The average Bonchev–Trinajstić information content (AvgIpc) is 3.07. The Morgan fingerprint density at radius 2 is 2.17 bits per heavy atom. The molecule has 1 N–H and O–H groups in total. The quantitative estimate of drug-likeness (QED) is 0.769. The largest absolute Gasteiger partial charge is 0.481 e. The summed E-state index contributed by atoms with van der Waals surface area (Å²) in [5.74, 6) is -1.16. The molecule has 6 nitrogen and oxygen atoms in total. The van der Waals surface area contributed by atoms with Crippen molar-refractivity contribution in [3.8, 4) is 0 Å². The number of amides is 1. The summed E-state index contributed by atoms with van der Waals surface area (Å²) in [5.41, 5.74) is -1.04. The summed E-state index contributed by atoms with van der Waals surface area (Å²) in [4.78, 5) is 38.1. The molecule has 0 radical (unpaired) electrons. The number of rotatable bonds is 7. The maximum atomic E-state index is 12.3. The van der Waals surface area contributed by atoms with Gasteiger partial charge in [-0.2, -0.15) is 0 Å². The van der Waals surface area contributed by atoms with Crippen molar-refractivity contribution in [3.05, 3.63) is 22.4 Å². The Balaban J connectivity index is 1.93. The number of ether oxygens (including phenoxy) is 1. The molecule has 1 aromatic heterocycles. The number of carboxylic acids is 1. The van der Waals surface area contributed by atoms with Gasteiger partial charge in [-0.1, -0.05) is 6.07 Å². The number of hydrogen-bond acceptors (Lipinski definition) is 5. The van der Waals surface area contributed by atoms with Crippen molar-refractivity contribution < 1.29 is 24.2 Å². The fourth-order valence-electron chi connectivity index (χ4n) is 2.91. The molecule has 0 aromatic carbocycles. The van der Waals surface area contributed by atoms with Crippen LogP contribution in [0.15, 0.2) is 17.5 Å². The van der Waals surface area contributed by atoms with Crippen LogP contribution < -0.4 is 0 Å².